The summed E-state index contributed by atoms with van der Waals surface area (Å²) in [5.74, 6) is 1.02. The Balaban J connectivity index is 2.23. The zero-order valence-electron chi connectivity index (χ0n) is 12.9. The van der Waals surface area contributed by atoms with E-state index in [4.69, 9.17) is 9.15 Å². The Morgan fingerprint density at radius 1 is 1.36 bits per heavy atom. The normalized spacial score (nSPS) is 11.0. The molecule has 0 aliphatic rings. The molecular formula is C16H17BrN2O3. The van der Waals surface area contributed by atoms with Gasteiger partial charge in [-0.1, -0.05) is 0 Å². The van der Waals surface area contributed by atoms with Gasteiger partial charge in [0.15, 0.2) is 0 Å². The van der Waals surface area contributed by atoms with Gasteiger partial charge in [0, 0.05) is 20.2 Å². The molecule has 0 radical (unpaired) electrons. The molecule has 2 rings (SSSR count). The Morgan fingerprint density at radius 3 is 2.64 bits per heavy atom. The molecule has 22 heavy (non-hydrogen) atoms. The van der Waals surface area contributed by atoms with Gasteiger partial charge in [-0.3, -0.25) is 4.99 Å². The van der Waals surface area contributed by atoms with Gasteiger partial charge in [-0.05, 0) is 46.6 Å². The highest BCUT2D eigenvalue weighted by Gasteiger charge is 2.10. The summed E-state index contributed by atoms with van der Waals surface area (Å²) in [5.41, 5.74) is 2.17. The second-order valence-corrected chi connectivity index (χ2v) is 5.80. The van der Waals surface area contributed by atoms with E-state index >= 15 is 0 Å². The molecule has 5 nitrogen and oxygen atoms in total. The van der Waals surface area contributed by atoms with Gasteiger partial charge in [-0.2, -0.15) is 0 Å². The van der Waals surface area contributed by atoms with Crippen LogP contribution in [0.2, 0.25) is 0 Å². The topological polar surface area (TPSA) is 55.0 Å². The van der Waals surface area contributed by atoms with Crippen molar-refractivity contribution in [3.63, 3.8) is 0 Å². The number of aryl methyl sites for hydroxylation is 1. The monoisotopic (exact) mass is 364 g/mol. The van der Waals surface area contributed by atoms with Crippen molar-refractivity contribution < 1.29 is 13.9 Å². The minimum Gasteiger partial charge on any atom is -0.465 e. The van der Waals surface area contributed by atoms with Crippen LogP contribution in [0.15, 0.2) is 38.1 Å². The maximum atomic E-state index is 11.5. The SMILES string of the molecule is COC(=O)c1ccc(N=Cc2cc(Br)c(N(C)C)o2)c(C)c1. The number of hydrogen-bond donors (Lipinski definition) is 0. The van der Waals surface area contributed by atoms with E-state index in [0.717, 1.165) is 21.6 Å². The highest BCUT2D eigenvalue weighted by molar-refractivity contribution is 9.10. The number of methoxy groups -OCH3 is 1. The molecule has 1 heterocycles. The van der Waals surface area contributed by atoms with Crippen LogP contribution in [0.25, 0.3) is 0 Å². The second kappa shape index (κ2) is 6.79. The molecule has 0 N–H and O–H groups in total. The van der Waals surface area contributed by atoms with Crippen molar-refractivity contribution in [2.75, 3.05) is 26.1 Å². The van der Waals surface area contributed by atoms with E-state index in [-0.39, 0.29) is 5.97 Å². The van der Waals surface area contributed by atoms with Gasteiger partial charge in [0.25, 0.3) is 0 Å². The van der Waals surface area contributed by atoms with Crippen molar-refractivity contribution in [3.8, 4) is 0 Å². The predicted molar refractivity (Wildman–Crippen MR) is 90.5 cm³/mol. The van der Waals surface area contributed by atoms with Gasteiger partial charge in [-0.25, -0.2) is 4.79 Å². The van der Waals surface area contributed by atoms with E-state index in [1.54, 1.807) is 24.4 Å². The summed E-state index contributed by atoms with van der Waals surface area (Å²) in [6.45, 7) is 1.89. The fourth-order valence-corrected chi connectivity index (χ4v) is 2.58. The molecule has 0 aliphatic heterocycles. The number of halogens is 1. The highest BCUT2D eigenvalue weighted by atomic mass is 79.9. The van der Waals surface area contributed by atoms with Crippen LogP contribution in [0.1, 0.15) is 21.7 Å². The number of rotatable bonds is 4. The average molecular weight is 365 g/mol. The first-order valence-corrected chi connectivity index (χ1v) is 7.41. The summed E-state index contributed by atoms with van der Waals surface area (Å²) < 4.78 is 11.2. The van der Waals surface area contributed by atoms with Gasteiger partial charge in [0.05, 0.1) is 29.0 Å². The zero-order chi connectivity index (χ0) is 16.3. The van der Waals surface area contributed by atoms with Crippen LogP contribution in [0.4, 0.5) is 11.6 Å². The molecule has 0 fully saturated rings. The Kier molecular flexibility index (Phi) is 5.03. The number of nitrogens with zero attached hydrogens (tertiary/aromatic N) is 2. The van der Waals surface area contributed by atoms with E-state index < -0.39 is 0 Å². The number of carbonyl (C=O) groups excluding carboxylic acids is 1. The predicted octanol–water partition coefficient (Wildman–Crippen LogP) is 3.95. The number of aliphatic imine (C=N–C) groups is 1. The minimum atomic E-state index is -0.357. The van der Waals surface area contributed by atoms with E-state index in [0.29, 0.717) is 11.3 Å². The van der Waals surface area contributed by atoms with Crippen molar-refractivity contribution in [1.82, 2.24) is 0 Å². The van der Waals surface area contributed by atoms with Gasteiger partial charge < -0.3 is 14.1 Å². The largest absolute Gasteiger partial charge is 0.465 e. The number of esters is 1. The van der Waals surface area contributed by atoms with Crippen molar-refractivity contribution >= 4 is 39.7 Å². The molecule has 0 spiro atoms. The van der Waals surface area contributed by atoms with Crippen LogP contribution in [-0.2, 0) is 4.74 Å². The molecular weight excluding hydrogens is 348 g/mol. The Labute approximate surface area is 137 Å². The molecule has 1 aromatic heterocycles. The molecule has 0 saturated carbocycles. The fourth-order valence-electron chi connectivity index (χ4n) is 1.92. The molecule has 6 heteroatoms. The van der Waals surface area contributed by atoms with Gasteiger partial charge in [0.2, 0.25) is 5.88 Å². The number of carbonyl (C=O) groups is 1. The number of hydrogen-bond acceptors (Lipinski definition) is 5. The lowest BCUT2D eigenvalue weighted by atomic mass is 10.1. The lowest BCUT2D eigenvalue weighted by Gasteiger charge is -2.07. The van der Waals surface area contributed by atoms with E-state index in [2.05, 4.69) is 20.9 Å². The smallest absolute Gasteiger partial charge is 0.337 e. The summed E-state index contributed by atoms with van der Waals surface area (Å²) in [4.78, 5) is 17.8. The minimum absolute atomic E-state index is 0.357. The first-order chi connectivity index (χ1) is 10.4. The summed E-state index contributed by atoms with van der Waals surface area (Å²) >= 11 is 3.44. The number of benzene rings is 1. The molecule has 0 unspecified atom stereocenters. The van der Waals surface area contributed by atoms with Crippen LogP contribution in [0.3, 0.4) is 0 Å². The number of furan rings is 1. The molecule has 0 atom stereocenters. The lowest BCUT2D eigenvalue weighted by molar-refractivity contribution is 0.0600. The quantitative estimate of drug-likeness (QED) is 0.608. The Bertz CT molecular complexity index is 720. The lowest BCUT2D eigenvalue weighted by Crippen LogP contribution is -2.07. The summed E-state index contributed by atoms with van der Waals surface area (Å²) in [5, 5.41) is 0. The molecule has 2 aromatic rings. The van der Waals surface area contributed by atoms with Crippen molar-refractivity contribution in [3.05, 3.63) is 45.6 Å². The molecule has 116 valence electrons. The van der Waals surface area contributed by atoms with Gasteiger partial charge >= 0.3 is 5.97 Å². The van der Waals surface area contributed by atoms with Crippen LogP contribution in [0, 0.1) is 6.92 Å². The fraction of sp³-hybridized carbons (Fsp3) is 0.250. The zero-order valence-corrected chi connectivity index (χ0v) is 14.5. The summed E-state index contributed by atoms with van der Waals surface area (Å²) in [6, 6.07) is 7.08. The summed E-state index contributed by atoms with van der Waals surface area (Å²) in [6.07, 6.45) is 1.65. The van der Waals surface area contributed by atoms with Crippen LogP contribution in [0.5, 0.6) is 0 Å². The maximum absolute atomic E-state index is 11.5. The Morgan fingerprint density at radius 2 is 2.09 bits per heavy atom. The van der Waals surface area contributed by atoms with Crippen LogP contribution < -0.4 is 4.90 Å². The average Bonchev–Trinajstić information content (AvgIpc) is 2.86. The molecule has 0 amide bonds. The van der Waals surface area contributed by atoms with E-state index in [1.165, 1.54) is 7.11 Å². The third kappa shape index (κ3) is 3.57. The number of anilines is 1. The van der Waals surface area contributed by atoms with Crippen LogP contribution >= 0.6 is 15.9 Å². The highest BCUT2D eigenvalue weighted by Crippen LogP contribution is 2.28. The standard InChI is InChI=1S/C16H17BrN2O3/c1-10-7-11(16(20)21-4)5-6-14(10)18-9-12-8-13(17)15(22-12)19(2)3/h5-9H,1-4H3. The van der Waals surface area contributed by atoms with E-state index in [9.17, 15) is 4.79 Å². The first-order valence-electron chi connectivity index (χ1n) is 6.62. The third-order valence-corrected chi connectivity index (χ3v) is 3.61. The summed E-state index contributed by atoms with van der Waals surface area (Å²) in [7, 11) is 5.17. The van der Waals surface area contributed by atoms with E-state index in [1.807, 2.05) is 32.0 Å². The first kappa shape index (κ1) is 16.3. The second-order valence-electron chi connectivity index (χ2n) is 4.95. The van der Waals surface area contributed by atoms with Crippen molar-refractivity contribution in [1.29, 1.82) is 0 Å². The molecule has 0 bridgehead atoms. The van der Waals surface area contributed by atoms with Crippen LogP contribution in [-0.4, -0.2) is 33.4 Å². The molecule has 1 aromatic carbocycles. The Hall–Kier alpha value is -2.08. The van der Waals surface area contributed by atoms with Gasteiger partial charge in [0.1, 0.15) is 5.76 Å². The van der Waals surface area contributed by atoms with Crippen molar-refractivity contribution in [2.45, 2.75) is 6.92 Å². The third-order valence-electron chi connectivity index (χ3n) is 3.04. The molecule has 0 saturated heterocycles. The molecule has 0 aliphatic carbocycles. The maximum Gasteiger partial charge on any atom is 0.337 e. The van der Waals surface area contributed by atoms with Gasteiger partial charge in [-0.15, -0.1) is 0 Å². The van der Waals surface area contributed by atoms with Crippen molar-refractivity contribution in [2.24, 2.45) is 4.99 Å². The number of ether oxygens (including phenoxy) is 1.